The third-order valence-electron chi connectivity index (χ3n) is 0.837. The molecule has 10 heavy (non-hydrogen) atoms. The average Bonchev–Trinajstić information content (AvgIpc) is 1.96. The maximum Gasteiger partial charge on any atom is 0.222 e. The normalized spacial score (nSPS) is 17.3. The quantitative estimate of drug-likeness (QED) is 0.465. The lowest BCUT2D eigenvalue weighted by molar-refractivity contribution is 0.628. The van der Waals surface area contributed by atoms with Crippen molar-refractivity contribution >= 4 is 28.5 Å². The minimum Gasteiger partial charge on any atom is -0.205 e. The van der Waals surface area contributed by atoms with E-state index in [0.29, 0.717) is 0 Å². The van der Waals surface area contributed by atoms with Gasteiger partial charge in [0.05, 0.1) is 3.58 Å². The fourth-order valence-corrected chi connectivity index (χ4v) is 0.838. The molecule has 0 aromatic heterocycles. The third-order valence-corrected chi connectivity index (χ3v) is 1.66. The molecule has 1 rings (SSSR count). The van der Waals surface area contributed by atoms with Crippen molar-refractivity contribution < 1.29 is 8.78 Å². The first-order valence-corrected chi connectivity index (χ1v) is 3.50. The number of rotatable bonds is 0. The molecule has 0 atom stereocenters. The fourth-order valence-electron chi connectivity index (χ4n) is 0.425. The molecule has 0 amide bonds. The van der Waals surface area contributed by atoms with Crippen LogP contribution in [0.3, 0.4) is 0 Å². The van der Waals surface area contributed by atoms with Crippen molar-refractivity contribution in [2.24, 2.45) is 4.99 Å². The molecule has 0 saturated carbocycles. The molecule has 1 heterocycles. The van der Waals surface area contributed by atoms with Crippen molar-refractivity contribution in [2.45, 2.75) is 0 Å². The van der Waals surface area contributed by atoms with E-state index in [1.54, 1.807) is 22.6 Å². The molecule has 0 aromatic rings. The molecule has 0 N–H and O–H groups in total. The molecule has 0 saturated heterocycles. The van der Waals surface area contributed by atoms with Crippen molar-refractivity contribution in [3.05, 3.63) is 27.5 Å². The Hall–Kier alpha value is -0.480. The average molecular weight is 253 g/mol. The monoisotopic (exact) mass is 253 g/mol. The predicted octanol–water partition coefficient (Wildman–Crippen LogP) is 2.65. The molecule has 0 aromatic carbocycles. The highest BCUT2D eigenvalue weighted by molar-refractivity contribution is 14.1. The maximum absolute atomic E-state index is 12.5. The van der Waals surface area contributed by atoms with Crippen LogP contribution in [0.1, 0.15) is 0 Å². The van der Waals surface area contributed by atoms with Crippen LogP contribution in [0.2, 0.25) is 0 Å². The number of hydrogen-bond donors (Lipinski definition) is 0. The van der Waals surface area contributed by atoms with E-state index < -0.39 is 11.8 Å². The molecule has 4 heteroatoms. The minimum absolute atomic E-state index is 0.198. The van der Waals surface area contributed by atoms with Gasteiger partial charge in [0.1, 0.15) is 5.83 Å². The van der Waals surface area contributed by atoms with E-state index in [9.17, 15) is 8.78 Å². The summed E-state index contributed by atoms with van der Waals surface area (Å²) in [6.45, 7) is 0. The van der Waals surface area contributed by atoms with Gasteiger partial charge in [0.15, 0.2) is 0 Å². The topological polar surface area (TPSA) is 12.4 Å². The summed E-state index contributed by atoms with van der Waals surface area (Å²) in [7, 11) is 0. The second-order valence-corrected chi connectivity index (χ2v) is 2.71. The SMILES string of the molecule is FC1=CC(I)=C(F)C=C=N1. The Morgan fingerprint density at radius 2 is 2.20 bits per heavy atom. The molecule has 52 valence electrons. The first-order chi connectivity index (χ1) is 4.70. The Labute approximate surface area is 70.0 Å². The second-order valence-electron chi connectivity index (χ2n) is 1.55. The van der Waals surface area contributed by atoms with Crippen LogP contribution < -0.4 is 0 Å². The van der Waals surface area contributed by atoms with Gasteiger partial charge < -0.3 is 0 Å². The summed E-state index contributed by atoms with van der Waals surface area (Å²) in [6, 6.07) is 0. The van der Waals surface area contributed by atoms with Gasteiger partial charge in [0.2, 0.25) is 5.95 Å². The zero-order chi connectivity index (χ0) is 7.56. The highest BCUT2D eigenvalue weighted by Crippen LogP contribution is 2.20. The zero-order valence-corrected chi connectivity index (χ0v) is 6.89. The summed E-state index contributed by atoms with van der Waals surface area (Å²) in [5.41, 5.74) is 0. The summed E-state index contributed by atoms with van der Waals surface area (Å²) in [5.74, 6) is 0.851. The summed E-state index contributed by atoms with van der Waals surface area (Å²) in [5, 5.41) is 0. The van der Waals surface area contributed by atoms with Crippen molar-refractivity contribution in [2.75, 3.05) is 0 Å². The van der Waals surface area contributed by atoms with E-state index in [1.807, 2.05) is 0 Å². The van der Waals surface area contributed by atoms with E-state index in [-0.39, 0.29) is 3.58 Å². The molecular formula is C6H2F2IN. The molecule has 1 nitrogen and oxygen atoms in total. The zero-order valence-electron chi connectivity index (χ0n) is 4.74. The van der Waals surface area contributed by atoms with Crippen LogP contribution in [-0.2, 0) is 0 Å². The van der Waals surface area contributed by atoms with E-state index >= 15 is 0 Å². The Balaban J connectivity index is 3.14. The summed E-state index contributed by atoms with van der Waals surface area (Å²) in [6.07, 6.45) is 2.00. The van der Waals surface area contributed by atoms with Crippen LogP contribution in [0.4, 0.5) is 8.78 Å². The molecule has 0 spiro atoms. The van der Waals surface area contributed by atoms with E-state index in [0.717, 1.165) is 12.2 Å². The van der Waals surface area contributed by atoms with E-state index in [2.05, 4.69) is 10.9 Å². The molecule has 1 aliphatic rings. The minimum atomic E-state index is -0.728. The second kappa shape index (κ2) is 3.07. The standard InChI is InChI=1S/C6H2F2IN/c7-4-1-2-10-6(8)3-5(4)9/h1,3H. The first-order valence-electron chi connectivity index (χ1n) is 2.42. The van der Waals surface area contributed by atoms with Gasteiger partial charge in [0.25, 0.3) is 0 Å². The molecule has 0 aliphatic carbocycles. The lowest BCUT2D eigenvalue weighted by Gasteiger charge is -1.85. The third kappa shape index (κ3) is 1.75. The van der Waals surface area contributed by atoms with Crippen LogP contribution in [0.15, 0.2) is 32.5 Å². The highest BCUT2D eigenvalue weighted by atomic mass is 127. The molecule has 1 aliphatic heterocycles. The summed E-state index contributed by atoms with van der Waals surface area (Å²) >= 11 is 1.68. The van der Waals surface area contributed by atoms with Crippen LogP contribution in [0.5, 0.6) is 0 Å². The smallest absolute Gasteiger partial charge is 0.205 e. The lowest BCUT2D eigenvalue weighted by Crippen LogP contribution is -1.68. The molecular weight excluding hydrogens is 251 g/mol. The number of hydrogen-bond acceptors (Lipinski definition) is 1. The Morgan fingerprint density at radius 1 is 1.50 bits per heavy atom. The van der Waals surface area contributed by atoms with Gasteiger partial charge in [-0.1, -0.05) is 0 Å². The first kappa shape index (κ1) is 7.63. The maximum atomic E-state index is 12.5. The van der Waals surface area contributed by atoms with Crippen molar-refractivity contribution in [3.63, 3.8) is 0 Å². The number of halogens is 3. The van der Waals surface area contributed by atoms with Gasteiger partial charge in [-0.05, 0) is 28.5 Å². The summed E-state index contributed by atoms with van der Waals surface area (Å²) < 4.78 is 25.0. The van der Waals surface area contributed by atoms with Crippen LogP contribution in [0, 0.1) is 0 Å². The Kier molecular flexibility index (Phi) is 2.34. The van der Waals surface area contributed by atoms with Crippen LogP contribution >= 0.6 is 22.6 Å². The van der Waals surface area contributed by atoms with Gasteiger partial charge in [-0.15, -0.1) is 0 Å². The van der Waals surface area contributed by atoms with Crippen molar-refractivity contribution in [1.29, 1.82) is 0 Å². The number of allylic oxidation sites excluding steroid dienone is 4. The number of aliphatic imine (C=N–C) groups is 1. The van der Waals surface area contributed by atoms with Crippen LogP contribution in [-0.4, -0.2) is 5.87 Å². The van der Waals surface area contributed by atoms with Crippen molar-refractivity contribution in [3.8, 4) is 0 Å². The highest BCUT2D eigenvalue weighted by Gasteiger charge is 2.01. The van der Waals surface area contributed by atoms with Gasteiger partial charge in [-0.25, -0.2) is 4.39 Å². The Morgan fingerprint density at radius 3 is 2.90 bits per heavy atom. The molecule has 0 unspecified atom stereocenters. The number of nitrogens with zero attached hydrogens (tertiary/aromatic N) is 1. The van der Waals surface area contributed by atoms with E-state index in [4.69, 9.17) is 0 Å². The fraction of sp³-hybridized carbons (Fsp3) is 0. The van der Waals surface area contributed by atoms with Gasteiger partial charge >= 0.3 is 0 Å². The predicted molar refractivity (Wildman–Crippen MR) is 43.4 cm³/mol. The largest absolute Gasteiger partial charge is 0.222 e. The van der Waals surface area contributed by atoms with Gasteiger partial charge in [0, 0.05) is 12.2 Å². The van der Waals surface area contributed by atoms with Gasteiger partial charge in [-0.2, -0.15) is 9.38 Å². The molecule has 0 radical (unpaired) electrons. The van der Waals surface area contributed by atoms with Crippen LogP contribution in [0.25, 0.3) is 0 Å². The van der Waals surface area contributed by atoms with Crippen molar-refractivity contribution in [1.82, 2.24) is 0 Å². The molecule has 0 bridgehead atoms. The Bertz CT molecular complexity index is 271. The lowest BCUT2D eigenvalue weighted by atomic mass is 10.4. The van der Waals surface area contributed by atoms with E-state index in [1.165, 1.54) is 0 Å². The summed E-state index contributed by atoms with van der Waals surface area (Å²) in [4.78, 5) is 3.13. The molecule has 0 fully saturated rings. The van der Waals surface area contributed by atoms with Gasteiger partial charge in [-0.3, -0.25) is 0 Å².